The standard InChI is InChI=1S/C21H23FN4OS/c1-12-5-4-8-26(10-12)19-18-17(14(3)28-21(18)24-11-23-19)20(27)25-15-7-6-13(2)16(22)9-15/h6-7,9,11-12H,4-5,8,10H2,1-3H3,(H,25,27)/t12-/m0/s1. The SMILES string of the molecule is Cc1ccc(NC(=O)c2c(C)sc3ncnc(N4CCC[C@H](C)C4)c23)cc1F. The number of anilines is 2. The van der Waals surface area contributed by atoms with E-state index < -0.39 is 0 Å². The van der Waals surface area contributed by atoms with E-state index in [-0.39, 0.29) is 11.7 Å². The second-order valence-corrected chi connectivity index (χ2v) is 8.73. The summed E-state index contributed by atoms with van der Waals surface area (Å²) in [4.78, 5) is 26.0. The fraction of sp³-hybridized carbons (Fsp3) is 0.381. The summed E-state index contributed by atoms with van der Waals surface area (Å²) in [6, 6.07) is 4.72. The van der Waals surface area contributed by atoms with Crippen molar-refractivity contribution in [3.8, 4) is 0 Å². The number of halogens is 1. The molecule has 0 saturated carbocycles. The summed E-state index contributed by atoms with van der Waals surface area (Å²) in [6.07, 6.45) is 3.89. The minimum Gasteiger partial charge on any atom is -0.356 e. The zero-order valence-electron chi connectivity index (χ0n) is 16.3. The lowest BCUT2D eigenvalue weighted by Gasteiger charge is -2.32. The Kier molecular flexibility index (Phi) is 5.02. The van der Waals surface area contributed by atoms with Gasteiger partial charge in [-0.05, 0) is 50.3 Å². The van der Waals surface area contributed by atoms with Gasteiger partial charge >= 0.3 is 0 Å². The highest BCUT2D eigenvalue weighted by Crippen LogP contribution is 2.36. The van der Waals surface area contributed by atoms with Gasteiger partial charge in [0.1, 0.15) is 22.8 Å². The third kappa shape index (κ3) is 3.46. The summed E-state index contributed by atoms with van der Waals surface area (Å²) < 4.78 is 13.9. The number of rotatable bonds is 3. The highest BCUT2D eigenvalue weighted by atomic mass is 32.1. The molecule has 2 aromatic heterocycles. The molecular weight excluding hydrogens is 375 g/mol. The number of amides is 1. The predicted molar refractivity (Wildman–Crippen MR) is 112 cm³/mol. The number of carbonyl (C=O) groups excluding carboxylic acids is 1. The first kappa shape index (κ1) is 18.8. The minimum atomic E-state index is -0.337. The Balaban J connectivity index is 1.74. The normalized spacial score (nSPS) is 17.1. The molecule has 0 spiro atoms. The fourth-order valence-electron chi connectivity index (χ4n) is 3.79. The number of nitrogens with zero attached hydrogens (tertiary/aromatic N) is 3. The Morgan fingerprint density at radius 2 is 2.14 bits per heavy atom. The third-order valence-electron chi connectivity index (χ3n) is 5.26. The molecule has 3 heterocycles. The van der Waals surface area contributed by atoms with E-state index in [9.17, 15) is 9.18 Å². The Bertz CT molecular complexity index is 1050. The molecule has 4 rings (SSSR count). The average molecular weight is 399 g/mol. The predicted octanol–water partition coefficient (Wildman–Crippen LogP) is 4.94. The van der Waals surface area contributed by atoms with E-state index in [1.54, 1.807) is 25.4 Å². The Hall–Kier alpha value is -2.54. The van der Waals surface area contributed by atoms with E-state index in [1.807, 2.05) is 6.92 Å². The zero-order chi connectivity index (χ0) is 19.8. The number of aromatic nitrogens is 2. The largest absolute Gasteiger partial charge is 0.356 e. The second kappa shape index (κ2) is 7.47. The van der Waals surface area contributed by atoms with Crippen molar-refractivity contribution in [1.29, 1.82) is 0 Å². The summed E-state index contributed by atoms with van der Waals surface area (Å²) in [5.41, 5.74) is 1.57. The van der Waals surface area contributed by atoms with Gasteiger partial charge in [0.2, 0.25) is 0 Å². The highest BCUT2D eigenvalue weighted by molar-refractivity contribution is 7.19. The lowest BCUT2D eigenvalue weighted by Crippen LogP contribution is -2.35. The number of hydrogen-bond acceptors (Lipinski definition) is 5. The number of fused-ring (bicyclic) bond motifs is 1. The molecule has 1 aliphatic heterocycles. The molecule has 0 aliphatic carbocycles. The summed E-state index contributed by atoms with van der Waals surface area (Å²) >= 11 is 1.49. The first-order chi connectivity index (χ1) is 13.4. The molecule has 0 unspecified atom stereocenters. The number of benzene rings is 1. The van der Waals surface area contributed by atoms with Gasteiger partial charge in [-0.2, -0.15) is 0 Å². The van der Waals surface area contributed by atoms with Crippen molar-refractivity contribution in [2.24, 2.45) is 5.92 Å². The number of aryl methyl sites for hydroxylation is 2. The summed E-state index contributed by atoms with van der Waals surface area (Å²) in [5, 5.41) is 3.63. The van der Waals surface area contributed by atoms with E-state index in [0.717, 1.165) is 40.4 Å². The Labute approximate surface area is 167 Å². The van der Waals surface area contributed by atoms with Crippen LogP contribution in [-0.4, -0.2) is 29.0 Å². The van der Waals surface area contributed by atoms with Crippen molar-refractivity contribution < 1.29 is 9.18 Å². The van der Waals surface area contributed by atoms with Crippen molar-refractivity contribution >= 4 is 39.0 Å². The van der Waals surface area contributed by atoms with Crippen LogP contribution in [-0.2, 0) is 0 Å². The summed E-state index contributed by atoms with van der Waals surface area (Å²) in [7, 11) is 0. The van der Waals surface area contributed by atoms with Crippen molar-refractivity contribution in [3.05, 3.63) is 46.3 Å². The van der Waals surface area contributed by atoms with Crippen LogP contribution in [0.3, 0.4) is 0 Å². The lowest BCUT2D eigenvalue weighted by atomic mass is 10.00. The number of thiophene rings is 1. The summed E-state index contributed by atoms with van der Waals surface area (Å²) in [5.74, 6) is 0.816. The van der Waals surface area contributed by atoms with E-state index in [4.69, 9.17) is 0 Å². The molecule has 7 heteroatoms. The van der Waals surface area contributed by atoms with Gasteiger partial charge < -0.3 is 10.2 Å². The number of hydrogen-bond donors (Lipinski definition) is 1. The number of piperidine rings is 1. The van der Waals surface area contributed by atoms with Crippen molar-refractivity contribution in [2.45, 2.75) is 33.6 Å². The third-order valence-corrected chi connectivity index (χ3v) is 6.27. The molecule has 0 bridgehead atoms. The maximum atomic E-state index is 13.9. The van der Waals surface area contributed by atoms with Gasteiger partial charge in [0.15, 0.2) is 0 Å². The first-order valence-electron chi connectivity index (χ1n) is 9.50. The first-order valence-corrected chi connectivity index (χ1v) is 10.3. The Morgan fingerprint density at radius 1 is 1.32 bits per heavy atom. The zero-order valence-corrected chi connectivity index (χ0v) is 17.1. The maximum absolute atomic E-state index is 13.9. The van der Waals surface area contributed by atoms with Gasteiger partial charge in [0, 0.05) is 23.7 Å². The van der Waals surface area contributed by atoms with Crippen LogP contribution >= 0.6 is 11.3 Å². The molecule has 28 heavy (non-hydrogen) atoms. The van der Waals surface area contributed by atoms with E-state index in [1.165, 1.54) is 23.8 Å². The van der Waals surface area contributed by atoms with Crippen LogP contribution in [0.5, 0.6) is 0 Å². The van der Waals surface area contributed by atoms with Crippen LogP contribution in [0.2, 0.25) is 0 Å². The van der Waals surface area contributed by atoms with Crippen molar-refractivity contribution in [3.63, 3.8) is 0 Å². The molecule has 1 fully saturated rings. The van der Waals surface area contributed by atoms with E-state index >= 15 is 0 Å². The van der Waals surface area contributed by atoms with Crippen LogP contribution in [0, 0.1) is 25.6 Å². The van der Waals surface area contributed by atoms with Crippen molar-refractivity contribution in [2.75, 3.05) is 23.3 Å². The number of nitrogens with one attached hydrogen (secondary N) is 1. The van der Waals surface area contributed by atoms with Gasteiger partial charge in [-0.3, -0.25) is 4.79 Å². The minimum absolute atomic E-state index is 0.256. The van der Waals surface area contributed by atoms with Crippen molar-refractivity contribution in [1.82, 2.24) is 9.97 Å². The number of carbonyl (C=O) groups is 1. The molecule has 3 aromatic rings. The second-order valence-electron chi connectivity index (χ2n) is 7.52. The quantitative estimate of drug-likeness (QED) is 0.679. The van der Waals surface area contributed by atoms with Gasteiger partial charge in [0.25, 0.3) is 5.91 Å². The van der Waals surface area contributed by atoms with E-state index in [2.05, 4.69) is 27.1 Å². The maximum Gasteiger partial charge on any atom is 0.257 e. The lowest BCUT2D eigenvalue weighted by molar-refractivity contribution is 0.102. The average Bonchev–Trinajstić information content (AvgIpc) is 3.00. The molecule has 5 nitrogen and oxygen atoms in total. The molecule has 1 aliphatic rings. The fourth-order valence-corrected chi connectivity index (χ4v) is 4.77. The van der Waals surface area contributed by atoms with Gasteiger partial charge in [-0.15, -0.1) is 11.3 Å². The monoisotopic (exact) mass is 398 g/mol. The Morgan fingerprint density at radius 3 is 2.89 bits per heavy atom. The van der Waals surface area contributed by atoms with Crippen LogP contribution < -0.4 is 10.2 Å². The molecule has 1 saturated heterocycles. The molecule has 0 radical (unpaired) electrons. The molecule has 146 valence electrons. The smallest absolute Gasteiger partial charge is 0.257 e. The molecule has 1 atom stereocenters. The van der Waals surface area contributed by atoms with Crippen LogP contribution in [0.15, 0.2) is 24.5 Å². The van der Waals surface area contributed by atoms with Gasteiger partial charge in [-0.25, -0.2) is 14.4 Å². The van der Waals surface area contributed by atoms with Gasteiger partial charge in [0.05, 0.1) is 10.9 Å². The van der Waals surface area contributed by atoms with Crippen LogP contribution in [0.4, 0.5) is 15.9 Å². The highest BCUT2D eigenvalue weighted by Gasteiger charge is 2.26. The molecule has 1 N–H and O–H groups in total. The topological polar surface area (TPSA) is 58.1 Å². The molecular formula is C21H23FN4OS. The van der Waals surface area contributed by atoms with Gasteiger partial charge in [-0.1, -0.05) is 13.0 Å². The van der Waals surface area contributed by atoms with Crippen LogP contribution in [0.1, 0.15) is 40.6 Å². The molecule has 1 amide bonds. The molecule has 1 aromatic carbocycles. The van der Waals surface area contributed by atoms with E-state index in [0.29, 0.717) is 22.7 Å². The summed E-state index contributed by atoms with van der Waals surface area (Å²) in [6.45, 7) is 7.70. The van der Waals surface area contributed by atoms with Crippen LogP contribution in [0.25, 0.3) is 10.2 Å².